The lowest BCUT2D eigenvalue weighted by molar-refractivity contribution is 0.0468. The number of ether oxygens (including phenoxy) is 5. The van der Waals surface area contributed by atoms with Crippen LogP contribution in [0, 0.1) is 0 Å². The van der Waals surface area contributed by atoms with E-state index < -0.39 is 5.97 Å². The van der Waals surface area contributed by atoms with Gasteiger partial charge in [0.15, 0.2) is 23.0 Å². The highest BCUT2D eigenvalue weighted by Crippen LogP contribution is 2.33. The van der Waals surface area contributed by atoms with E-state index in [1.807, 2.05) is 23.6 Å². The lowest BCUT2D eigenvalue weighted by atomic mass is 10.2. The van der Waals surface area contributed by atoms with Gasteiger partial charge in [0.05, 0.1) is 39.7 Å². The van der Waals surface area contributed by atoms with Gasteiger partial charge in [0.25, 0.3) is 0 Å². The number of nitrogens with zero attached hydrogens (tertiary/aromatic N) is 1. The fraction of sp³-hybridized carbons (Fsp3) is 0.238. The van der Waals surface area contributed by atoms with Crippen LogP contribution in [-0.4, -0.2) is 39.4 Å². The molecule has 1 heterocycles. The fourth-order valence-electron chi connectivity index (χ4n) is 2.66. The number of hydrogen-bond donors (Lipinski definition) is 0. The number of carbonyl (C=O) groups excluding carboxylic acids is 1. The summed E-state index contributed by atoms with van der Waals surface area (Å²) >= 11 is 1.46. The number of carbonyl (C=O) groups is 1. The quantitative estimate of drug-likeness (QED) is 0.510. The van der Waals surface area contributed by atoms with Crippen molar-refractivity contribution in [1.82, 2.24) is 4.98 Å². The Morgan fingerprint density at radius 2 is 1.48 bits per heavy atom. The number of aromatic nitrogens is 1. The van der Waals surface area contributed by atoms with E-state index in [1.165, 1.54) is 25.6 Å². The van der Waals surface area contributed by atoms with Gasteiger partial charge in [-0.2, -0.15) is 0 Å². The second-order valence-corrected chi connectivity index (χ2v) is 6.72. The van der Waals surface area contributed by atoms with Crippen LogP contribution in [0.15, 0.2) is 41.8 Å². The Morgan fingerprint density at radius 1 is 0.862 bits per heavy atom. The molecule has 1 aromatic heterocycles. The van der Waals surface area contributed by atoms with Crippen molar-refractivity contribution in [2.24, 2.45) is 0 Å². The first-order chi connectivity index (χ1) is 14.1. The molecule has 2 aromatic carbocycles. The summed E-state index contributed by atoms with van der Waals surface area (Å²) < 4.78 is 26.4. The van der Waals surface area contributed by atoms with E-state index in [0.717, 1.165) is 10.6 Å². The van der Waals surface area contributed by atoms with Crippen molar-refractivity contribution < 1.29 is 28.5 Å². The zero-order valence-electron chi connectivity index (χ0n) is 16.6. The Hall–Kier alpha value is -3.26. The van der Waals surface area contributed by atoms with Gasteiger partial charge in [-0.15, -0.1) is 11.3 Å². The lowest BCUT2D eigenvalue weighted by Gasteiger charge is -2.09. The molecule has 3 rings (SSSR count). The summed E-state index contributed by atoms with van der Waals surface area (Å²) in [6.45, 7) is 0.0664. The number of thiazole rings is 1. The van der Waals surface area contributed by atoms with Crippen molar-refractivity contribution in [2.45, 2.75) is 6.61 Å². The number of hydrogen-bond acceptors (Lipinski definition) is 8. The molecule has 0 N–H and O–H groups in total. The molecule has 0 fully saturated rings. The standard InChI is InChI=1S/C21H21NO6S/c1-24-16-7-5-13(9-18(16)26-3)20-22-15(12-29-20)11-28-21(23)14-6-8-17(25-2)19(10-14)27-4/h5-10,12H,11H2,1-4H3. The third kappa shape index (κ3) is 4.60. The monoisotopic (exact) mass is 415 g/mol. The molecule has 29 heavy (non-hydrogen) atoms. The zero-order chi connectivity index (χ0) is 20.8. The van der Waals surface area contributed by atoms with Crippen LogP contribution in [0.1, 0.15) is 16.1 Å². The van der Waals surface area contributed by atoms with Gasteiger partial charge < -0.3 is 23.7 Å². The number of benzene rings is 2. The molecule has 152 valence electrons. The Morgan fingerprint density at radius 3 is 2.14 bits per heavy atom. The third-order valence-electron chi connectivity index (χ3n) is 4.15. The van der Waals surface area contributed by atoms with Crippen LogP contribution >= 0.6 is 11.3 Å². The molecule has 0 amide bonds. The van der Waals surface area contributed by atoms with Crippen molar-refractivity contribution in [3.05, 3.63) is 53.0 Å². The van der Waals surface area contributed by atoms with Gasteiger partial charge in [-0.3, -0.25) is 0 Å². The number of methoxy groups -OCH3 is 4. The molecule has 7 nitrogen and oxygen atoms in total. The van der Waals surface area contributed by atoms with Crippen LogP contribution in [0.4, 0.5) is 0 Å². The van der Waals surface area contributed by atoms with Crippen LogP contribution in [0.25, 0.3) is 10.6 Å². The molecule has 0 saturated heterocycles. The minimum absolute atomic E-state index is 0.0664. The molecule has 3 aromatic rings. The molecule has 0 bridgehead atoms. The summed E-state index contributed by atoms with van der Waals surface area (Å²) in [5, 5.41) is 2.65. The van der Waals surface area contributed by atoms with Crippen LogP contribution in [0.5, 0.6) is 23.0 Å². The molecule has 0 spiro atoms. The van der Waals surface area contributed by atoms with E-state index in [2.05, 4.69) is 4.98 Å². The Bertz CT molecular complexity index is 1000. The predicted octanol–water partition coefficient (Wildman–Crippen LogP) is 4.20. The van der Waals surface area contributed by atoms with Gasteiger partial charge in [-0.25, -0.2) is 9.78 Å². The molecule has 0 unspecified atom stereocenters. The van der Waals surface area contributed by atoms with Crippen LogP contribution in [-0.2, 0) is 11.3 Å². The molecular formula is C21H21NO6S. The summed E-state index contributed by atoms with van der Waals surface area (Å²) in [5.41, 5.74) is 1.93. The van der Waals surface area contributed by atoms with E-state index in [1.54, 1.807) is 32.4 Å². The number of esters is 1. The maximum absolute atomic E-state index is 12.3. The average molecular weight is 415 g/mol. The van der Waals surface area contributed by atoms with E-state index in [9.17, 15) is 4.79 Å². The fourth-order valence-corrected chi connectivity index (χ4v) is 3.46. The molecule has 0 saturated carbocycles. The minimum atomic E-state index is -0.466. The first-order valence-corrected chi connectivity index (χ1v) is 9.53. The molecule has 0 aliphatic rings. The Kier molecular flexibility index (Phi) is 6.56. The van der Waals surface area contributed by atoms with Crippen LogP contribution in [0.3, 0.4) is 0 Å². The molecule has 0 aliphatic carbocycles. The molecular weight excluding hydrogens is 394 g/mol. The summed E-state index contributed by atoms with van der Waals surface area (Å²) in [7, 11) is 6.22. The highest BCUT2D eigenvalue weighted by Gasteiger charge is 2.14. The second-order valence-electron chi connectivity index (χ2n) is 5.86. The van der Waals surface area contributed by atoms with Gasteiger partial charge in [0.1, 0.15) is 11.6 Å². The summed E-state index contributed by atoms with van der Waals surface area (Å²) in [6.07, 6.45) is 0. The number of rotatable bonds is 8. The third-order valence-corrected chi connectivity index (χ3v) is 5.09. The lowest BCUT2D eigenvalue weighted by Crippen LogP contribution is -2.06. The summed E-state index contributed by atoms with van der Waals surface area (Å²) in [4.78, 5) is 16.9. The van der Waals surface area contributed by atoms with Crippen molar-refractivity contribution in [1.29, 1.82) is 0 Å². The van der Waals surface area contributed by atoms with Gasteiger partial charge in [0, 0.05) is 10.9 Å². The first kappa shape index (κ1) is 20.5. The van der Waals surface area contributed by atoms with E-state index in [-0.39, 0.29) is 6.61 Å². The van der Waals surface area contributed by atoms with Gasteiger partial charge in [0.2, 0.25) is 0 Å². The van der Waals surface area contributed by atoms with E-state index >= 15 is 0 Å². The first-order valence-electron chi connectivity index (χ1n) is 8.65. The van der Waals surface area contributed by atoms with Crippen molar-refractivity contribution in [3.8, 4) is 33.6 Å². The van der Waals surface area contributed by atoms with Crippen molar-refractivity contribution >= 4 is 17.3 Å². The molecule has 0 radical (unpaired) electrons. The highest BCUT2D eigenvalue weighted by atomic mass is 32.1. The van der Waals surface area contributed by atoms with Gasteiger partial charge in [-0.1, -0.05) is 0 Å². The topological polar surface area (TPSA) is 76.1 Å². The smallest absolute Gasteiger partial charge is 0.338 e. The van der Waals surface area contributed by atoms with Crippen LogP contribution < -0.4 is 18.9 Å². The normalized spacial score (nSPS) is 10.3. The van der Waals surface area contributed by atoms with Crippen molar-refractivity contribution in [3.63, 3.8) is 0 Å². The average Bonchev–Trinajstić information content (AvgIpc) is 3.25. The minimum Gasteiger partial charge on any atom is -0.493 e. The second kappa shape index (κ2) is 9.29. The van der Waals surface area contributed by atoms with Crippen LogP contribution in [0.2, 0.25) is 0 Å². The van der Waals surface area contributed by atoms with Gasteiger partial charge >= 0.3 is 5.97 Å². The highest BCUT2D eigenvalue weighted by molar-refractivity contribution is 7.13. The van der Waals surface area contributed by atoms with E-state index in [4.69, 9.17) is 23.7 Å². The molecule has 0 atom stereocenters. The van der Waals surface area contributed by atoms with E-state index in [0.29, 0.717) is 34.3 Å². The zero-order valence-corrected chi connectivity index (χ0v) is 17.4. The molecule has 0 aliphatic heterocycles. The Balaban J connectivity index is 1.68. The maximum atomic E-state index is 12.3. The summed E-state index contributed by atoms with van der Waals surface area (Å²) in [5.74, 6) is 1.82. The maximum Gasteiger partial charge on any atom is 0.338 e. The van der Waals surface area contributed by atoms with Crippen molar-refractivity contribution in [2.75, 3.05) is 28.4 Å². The van der Waals surface area contributed by atoms with Gasteiger partial charge in [-0.05, 0) is 36.4 Å². The molecule has 8 heteroatoms. The SMILES string of the molecule is COc1ccc(C(=O)OCc2csc(-c3ccc(OC)c(OC)c3)n2)cc1OC. The predicted molar refractivity (Wildman–Crippen MR) is 109 cm³/mol. The summed E-state index contributed by atoms with van der Waals surface area (Å²) in [6, 6.07) is 10.5. The Labute approximate surface area is 172 Å². The largest absolute Gasteiger partial charge is 0.493 e.